The van der Waals surface area contributed by atoms with Crippen LogP contribution in [0.25, 0.3) is 0 Å². The monoisotopic (exact) mass is 251 g/mol. The molecule has 0 radical (unpaired) electrons. The van der Waals surface area contributed by atoms with Gasteiger partial charge in [0.15, 0.2) is 11.5 Å². The lowest BCUT2D eigenvalue weighted by Crippen LogP contribution is -2.31. The number of alkyl carbamates (subject to hydrolysis) is 1. The van der Waals surface area contributed by atoms with Crippen LogP contribution in [-0.4, -0.2) is 32.5 Å². The van der Waals surface area contributed by atoms with Crippen LogP contribution >= 0.6 is 0 Å². The van der Waals surface area contributed by atoms with Gasteiger partial charge in [0.05, 0.1) is 20.8 Å². The number of rotatable bonds is 4. The van der Waals surface area contributed by atoms with Gasteiger partial charge in [0.2, 0.25) is 0 Å². The highest BCUT2D eigenvalue weighted by Gasteiger charge is 2.35. The Bertz CT molecular complexity index is 460. The molecule has 0 saturated carbocycles. The fourth-order valence-corrected chi connectivity index (χ4v) is 2.08. The fourth-order valence-electron chi connectivity index (χ4n) is 2.08. The summed E-state index contributed by atoms with van der Waals surface area (Å²) in [4.78, 5) is 11.1. The van der Waals surface area contributed by atoms with Crippen molar-refractivity contribution in [1.82, 2.24) is 5.32 Å². The van der Waals surface area contributed by atoms with E-state index in [1.54, 1.807) is 14.2 Å². The Morgan fingerprint density at radius 1 is 1.33 bits per heavy atom. The van der Waals surface area contributed by atoms with Crippen molar-refractivity contribution in [3.63, 3.8) is 0 Å². The van der Waals surface area contributed by atoms with Crippen LogP contribution in [0.15, 0.2) is 18.2 Å². The molecule has 0 spiro atoms. The van der Waals surface area contributed by atoms with E-state index in [4.69, 9.17) is 14.2 Å². The van der Waals surface area contributed by atoms with Crippen molar-refractivity contribution in [2.24, 2.45) is 0 Å². The highest BCUT2D eigenvalue weighted by molar-refractivity contribution is 5.70. The number of benzene rings is 1. The Balaban J connectivity index is 2.17. The Kier molecular flexibility index (Phi) is 3.32. The molecular weight excluding hydrogens is 234 g/mol. The molecule has 0 bridgehead atoms. The first-order valence-electron chi connectivity index (χ1n) is 5.74. The maximum atomic E-state index is 11.1. The van der Waals surface area contributed by atoms with Gasteiger partial charge >= 0.3 is 6.09 Å². The van der Waals surface area contributed by atoms with Gasteiger partial charge in [-0.05, 0) is 24.6 Å². The summed E-state index contributed by atoms with van der Waals surface area (Å²) in [7, 11) is 3.20. The molecular formula is C13H17NO4. The summed E-state index contributed by atoms with van der Waals surface area (Å²) in [5.74, 6) is 1.36. The molecule has 1 aromatic rings. The van der Waals surface area contributed by atoms with Crippen molar-refractivity contribution < 1.29 is 19.0 Å². The molecule has 18 heavy (non-hydrogen) atoms. The van der Waals surface area contributed by atoms with Crippen molar-refractivity contribution in [2.45, 2.75) is 18.9 Å². The van der Waals surface area contributed by atoms with E-state index in [9.17, 15) is 4.79 Å². The van der Waals surface area contributed by atoms with Gasteiger partial charge in [0.1, 0.15) is 5.60 Å². The molecule has 1 N–H and O–H groups in total. The maximum absolute atomic E-state index is 11.1. The minimum Gasteiger partial charge on any atom is -0.493 e. The lowest BCUT2D eigenvalue weighted by atomic mass is 9.96. The Labute approximate surface area is 106 Å². The first kappa shape index (κ1) is 12.5. The van der Waals surface area contributed by atoms with E-state index in [1.165, 1.54) is 0 Å². The molecule has 1 aliphatic rings. The van der Waals surface area contributed by atoms with Gasteiger partial charge in [-0.25, -0.2) is 4.79 Å². The van der Waals surface area contributed by atoms with Crippen LogP contribution in [0.4, 0.5) is 4.79 Å². The topological polar surface area (TPSA) is 56.8 Å². The molecule has 0 aromatic heterocycles. The number of amides is 1. The van der Waals surface area contributed by atoms with Crippen LogP contribution in [0.1, 0.15) is 12.5 Å². The zero-order valence-corrected chi connectivity index (χ0v) is 10.8. The third-order valence-corrected chi connectivity index (χ3v) is 2.97. The van der Waals surface area contributed by atoms with Crippen LogP contribution in [0.5, 0.6) is 11.5 Å². The van der Waals surface area contributed by atoms with E-state index >= 15 is 0 Å². The minimum atomic E-state index is -0.503. The number of hydrogen-bond acceptors (Lipinski definition) is 4. The number of hydrogen-bond donors (Lipinski definition) is 1. The molecule has 98 valence electrons. The first-order chi connectivity index (χ1) is 8.56. The Morgan fingerprint density at radius 3 is 2.61 bits per heavy atom. The predicted molar refractivity (Wildman–Crippen MR) is 66.1 cm³/mol. The summed E-state index contributed by atoms with van der Waals surface area (Å²) in [6.45, 7) is 2.42. The number of nitrogens with one attached hydrogen (secondary N) is 1. The molecule has 2 rings (SSSR count). The predicted octanol–water partition coefficient (Wildman–Crippen LogP) is 1.74. The third-order valence-electron chi connectivity index (χ3n) is 2.97. The van der Waals surface area contributed by atoms with E-state index in [1.807, 2.05) is 25.1 Å². The molecule has 5 nitrogen and oxygen atoms in total. The lowest BCUT2D eigenvalue weighted by Gasteiger charge is -2.21. The summed E-state index contributed by atoms with van der Waals surface area (Å²) in [5.41, 5.74) is 0.531. The van der Waals surface area contributed by atoms with Gasteiger partial charge < -0.3 is 19.5 Å². The van der Waals surface area contributed by atoms with E-state index in [-0.39, 0.29) is 6.09 Å². The number of cyclic esters (lactones) is 1. The number of ether oxygens (including phenoxy) is 3. The Hall–Kier alpha value is -1.91. The summed E-state index contributed by atoms with van der Waals surface area (Å²) in [5, 5.41) is 2.66. The molecule has 0 aliphatic carbocycles. The molecule has 1 saturated heterocycles. The fraction of sp³-hybridized carbons (Fsp3) is 0.462. The smallest absolute Gasteiger partial charge is 0.407 e. The van der Waals surface area contributed by atoms with Crippen LogP contribution < -0.4 is 14.8 Å². The molecule has 5 heteroatoms. The van der Waals surface area contributed by atoms with Crippen LogP contribution in [-0.2, 0) is 11.2 Å². The largest absolute Gasteiger partial charge is 0.493 e. The molecule has 1 heterocycles. The van der Waals surface area contributed by atoms with Gasteiger partial charge in [0, 0.05) is 6.42 Å². The first-order valence-corrected chi connectivity index (χ1v) is 5.74. The van der Waals surface area contributed by atoms with Crippen LogP contribution in [0.3, 0.4) is 0 Å². The summed E-state index contributed by atoms with van der Waals surface area (Å²) < 4.78 is 15.7. The average molecular weight is 251 g/mol. The number of methoxy groups -OCH3 is 2. The molecule has 1 unspecified atom stereocenters. The van der Waals surface area contributed by atoms with Gasteiger partial charge in [-0.1, -0.05) is 6.07 Å². The zero-order chi connectivity index (χ0) is 13.2. The molecule has 1 atom stereocenters. The summed E-state index contributed by atoms with van der Waals surface area (Å²) >= 11 is 0. The quantitative estimate of drug-likeness (QED) is 0.885. The average Bonchev–Trinajstić information content (AvgIpc) is 2.68. The third kappa shape index (κ3) is 2.50. The summed E-state index contributed by atoms with van der Waals surface area (Å²) in [6.07, 6.45) is 0.268. The highest BCUT2D eigenvalue weighted by Crippen LogP contribution is 2.30. The van der Waals surface area contributed by atoms with Crippen LogP contribution in [0, 0.1) is 0 Å². The second-order valence-corrected chi connectivity index (χ2v) is 4.56. The lowest BCUT2D eigenvalue weighted by molar-refractivity contribution is 0.0724. The zero-order valence-electron chi connectivity index (χ0n) is 10.8. The number of carbonyl (C=O) groups excluding carboxylic acids is 1. The van der Waals surface area contributed by atoms with Crippen LogP contribution in [0.2, 0.25) is 0 Å². The van der Waals surface area contributed by atoms with Gasteiger partial charge in [-0.15, -0.1) is 0 Å². The van der Waals surface area contributed by atoms with Crippen molar-refractivity contribution in [2.75, 3.05) is 20.8 Å². The SMILES string of the molecule is COc1ccc(CC2(C)CNC(=O)O2)cc1OC. The highest BCUT2D eigenvalue weighted by atomic mass is 16.6. The van der Waals surface area contributed by atoms with Crippen molar-refractivity contribution in [3.8, 4) is 11.5 Å². The van der Waals surface area contributed by atoms with Gasteiger partial charge in [0.25, 0.3) is 0 Å². The van der Waals surface area contributed by atoms with E-state index in [2.05, 4.69) is 5.32 Å². The second kappa shape index (κ2) is 4.76. The molecule has 1 aromatic carbocycles. The standard InChI is InChI=1S/C13H17NO4/c1-13(8-14-12(15)18-13)7-9-4-5-10(16-2)11(6-9)17-3/h4-6H,7-8H2,1-3H3,(H,14,15). The normalized spacial score (nSPS) is 22.3. The van der Waals surface area contributed by atoms with E-state index in [0.29, 0.717) is 24.5 Å². The second-order valence-electron chi connectivity index (χ2n) is 4.56. The summed E-state index contributed by atoms with van der Waals surface area (Å²) in [6, 6.07) is 5.69. The van der Waals surface area contributed by atoms with Gasteiger partial charge in [-0.2, -0.15) is 0 Å². The van der Waals surface area contributed by atoms with E-state index < -0.39 is 5.60 Å². The molecule has 1 aliphatic heterocycles. The molecule has 1 amide bonds. The Morgan fingerprint density at radius 2 is 2.06 bits per heavy atom. The maximum Gasteiger partial charge on any atom is 0.407 e. The van der Waals surface area contributed by atoms with Gasteiger partial charge in [-0.3, -0.25) is 0 Å². The van der Waals surface area contributed by atoms with Crippen molar-refractivity contribution in [3.05, 3.63) is 23.8 Å². The van der Waals surface area contributed by atoms with Crippen molar-refractivity contribution >= 4 is 6.09 Å². The minimum absolute atomic E-state index is 0.363. The van der Waals surface area contributed by atoms with Crippen molar-refractivity contribution in [1.29, 1.82) is 0 Å². The van der Waals surface area contributed by atoms with E-state index in [0.717, 1.165) is 5.56 Å². The number of carbonyl (C=O) groups is 1. The molecule has 1 fully saturated rings.